The van der Waals surface area contributed by atoms with E-state index in [-0.39, 0.29) is 36.1 Å². The summed E-state index contributed by atoms with van der Waals surface area (Å²) in [5.41, 5.74) is 0.918. The number of rotatable bonds is 5. The molecule has 27 heavy (non-hydrogen) atoms. The number of hydrogen-bond donors (Lipinski definition) is 2. The highest BCUT2D eigenvalue weighted by Crippen LogP contribution is 2.18. The molecule has 2 saturated heterocycles. The van der Waals surface area contributed by atoms with Crippen LogP contribution < -0.4 is 10.2 Å². The van der Waals surface area contributed by atoms with Gasteiger partial charge in [-0.05, 0) is 5.56 Å². The number of carbonyl (C=O) groups excluding carboxylic acids is 2. The van der Waals surface area contributed by atoms with Crippen molar-refractivity contribution < 1.29 is 22.9 Å². The van der Waals surface area contributed by atoms with Crippen LogP contribution in [-0.2, 0) is 19.4 Å². The molecule has 2 aliphatic heterocycles. The van der Waals surface area contributed by atoms with E-state index in [2.05, 4.69) is 5.32 Å². The molecule has 1 aromatic carbocycles. The summed E-state index contributed by atoms with van der Waals surface area (Å²) in [5.74, 6) is 0.429. The first-order chi connectivity index (χ1) is 12.8. The molecule has 8 heteroatoms. The molecule has 1 aromatic rings. The van der Waals surface area contributed by atoms with Crippen molar-refractivity contribution in [3.8, 4) is 0 Å². The standard InChI is InChI=1S/C19H27N3O4S/c1-15(23)20-18(16-5-3-2-4-6-16)13-19(24)22-10-8-21(9-11-22)17-7-12-27(25,26)14-17/h2-6,17-18H,7-14H2,1H3,(H,20,23)/p+1/t17-,18-/m1/s1. The molecule has 2 fully saturated rings. The van der Waals surface area contributed by atoms with E-state index in [1.54, 1.807) is 0 Å². The Kier molecular flexibility index (Phi) is 6.16. The van der Waals surface area contributed by atoms with Crippen molar-refractivity contribution in [1.29, 1.82) is 0 Å². The Hall–Kier alpha value is -1.93. The summed E-state index contributed by atoms with van der Waals surface area (Å²) in [7, 11) is -2.87. The largest absolute Gasteiger partial charge is 0.349 e. The third-order valence-electron chi connectivity index (χ3n) is 5.53. The smallest absolute Gasteiger partial charge is 0.225 e. The number of benzene rings is 1. The predicted octanol–water partition coefficient (Wildman–Crippen LogP) is -0.832. The molecule has 2 heterocycles. The normalized spacial score (nSPS) is 23.7. The molecule has 0 bridgehead atoms. The number of hydrogen-bond acceptors (Lipinski definition) is 4. The van der Waals surface area contributed by atoms with E-state index >= 15 is 0 Å². The zero-order valence-electron chi connectivity index (χ0n) is 15.7. The Morgan fingerprint density at radius 1 is 1.22 bits per heavy atom. The fourth-order valence-corrected chi connectivity index (χ4v) is 5.88. The van der Waals surface area contributed by atoms with Gasteiger partial charge in [-0.15, -0.1) is 0 Å². The van der Waals surface area contributed by atoms with Crippen LogP contribution in [-0.4, -0.2) is 68.9 Å². The van der Waals surface area contributed by atoms with Crippen molar-refractivity contribution >= 4 is 21.7 Å². The van der Waals surface area contributed by atoms with Crippen LogP contribution in [0.5, 0.6) is 0 Å². The van der Waals surface area contributed by atoms with Gasteiger partial charge in [0.05, 0.1) is 44.4 Å². The van der Waals surface area contributed by atoms with Crippen LogP contribution in [0.15, 0.2) is 30.3 Å². The predicted molar refractivity (Wildman–Crippen MR) is 102 cm³/mol. The Labute approximate surface area is 160 Å². The highest BCUT2D eigenvalue weighted by atomic mass is 32.2. The summed E-state index contributed by atoms with van der Waals surface area (Å²) in [6, 6.07) is 9.36. The van der Waals surface area contributed by atoms with Crippen LogP contribution in [0.3, 0.4) is 0 Å². The lowest BCUT2D eigenvalue weighted by Crippen LogP contribution is -3.18. The number of nitrogens with one attached hydrogen (secondary N) is 2. The number of amides is 2. The van der Waals surface area contributed by atoms with E-state index in [0.29, 0.717) is 18.8 Å². The summed E-state index contributed by atoms with van der Waals surface area (Å²) in [6.45, 7) is 4.28. The lowest BCUT2D eigenvalue weighted by molar-refractivity contribution is -0.925. The van der Waals surface area contributed by atoms with Gasteiger partial charge in [-0.1, -0.05) is 30.3 Å². The van der Waals surface area contributed by atoms with Gasteiger partial charge < -0.3 is 15.1 Å². The second-order valence-electron chi connectivity index (χ2n) is 7.51. The average Bonchev–Trinajstić information content (AvgIpc) is 3.01. The minimum Gasteiger partial charge on any atom is -0.349 e. The van der Waals surface area contributed by atoms with Crippen molar-refractivity contribution in [2.75, 3.05) is 37.7 Å². The topological polar surface area (TPSA) is 88.0 Å². The molecule has 148 valence electrons. The maximum absolute atomic E-state index is 12.8. The third kappa shape index (κ3) is 5.29. The number of sulfone groups is 1. The molecular formula is C19H28N3O4S+. The second-order valence-corrected chi connectivity index (χ2v) is 9.74. The van der Waals surface area contributed by atoms with Crippen LogP contribution in [0, 0.1) is 0 Å². The fourth-order valence-electron chi connectivity index (χ4n) is 4.06. The summed E-state index contributed by atoms with van der Waals surface area (Å²) in [4.78, 5) is 27.4. The monoisotopic (exact) mass is 394 g/mol. The Morgan fingerprint density at radius 2 is 1.89 bits per heavy atom. The molecule has 2 amide bonds. The lowest BCUT2D eigenvalue weighted by Gasteiger charge is -2.35. The van der Waals surface area contributed by atoms with Gasteiger partial charge in [0.15, 0.2) is 9.84 Å². The molecule has 0 saturated carbocycles. The first kappa shape index (κ1) is 19.8. The van der Waals surface area contributed by atoms with Gasteiger partial charge in [0, 0.05) is 13.3 Å². The zero-order valence-corrected chi connectivity index (χ0v) is 16.5. The molecule has 2 N–H and O–H groups in total. The van der Waals surface area contributed by atoms with E-state index in [9.17, 15) is 18.0 Å². The van der Waals surface area contributed by atoms with Gasteiger partial charge in [-0.3, -0.25) is 9.59 Å². The van der Waals surface area contributed by atoms with Crippen LogP contribution in [0.25, 0.3) is 0 Å². The van der Waals surface area contributed by atoms with Crippen LogP contribution in [0.4, 0.5) is 0 Å². The van der Waals surface area contributed by atoms with Crippen LogP contribution in [0.2, 0.25) is 0 Å². The molecule has 3 rings (SSSR count). The van der Waals surface area contributed by atoms with Crippen molar-refractivity contribution in [2.45, 2.75) is 31.8 Å². The van der Waals surface area contributed by atoms with Gasteiger partial charge >= 0.3 is 0 Å². The molecule has 7 nitrogen and oxygen atoms in total. The molecular weight excluding hydrogens is 366 g/mol. The van der Waals surface area contributed by atoms with Gasteiger partial charge in [0.25, 0.3) is 0 Å². The maximum atomic E-state index is 12.8. The molecule has 0 unspecified atom stereocenters. The summed E-state index contributed by atoms with van der Waals surface area (Å²) in [6.07, 6.45) is 0.959. The van der Waals surface area contributed by atoms with Crippen LogP contribution >= 0.6 is 0 Å². The van der Waals surface area contributed by atoms with E-state index in [1.165, 1.54) is 11.8 Å². The quantitative estimate of drug-likeness (QED) is 0.682. The van der Waals surface area contributed by atoms with Crippen molar-refractivity contribution in [3.05, 3.63) is 35.9 Å². The third-order valence-corrected chi connectivity index (χ3v) is 7.29. The Bertz CT molecular complexity index is 773. The van der Waals surface area contributed by atoms with Gasteiger partial charge in [0.2, 0.25) is 11.8 Å². The SMILES string of the molecule is CC(=O)N[C@H](CC(=O)N1CC[NH+]([C@@H]2CCS(=O)(=O)C2)CC1)c1ccccc1. The Morgan fingerprint density at radius 3 is 2.44 bits per heavy atom. The number of piperazine rings is 1. The fraction of sp³-hybridized carbons (Fsp3) is 0.579. The zero-order chi connectivity index (χ0) is 19.4. The van der Waals surface area contributed by atoms with E-state index in [0.717, 1.165) is 25.1 Å². The minimum absolute atomic E-state index is 0.0238. The minimum atomic E-state index is -2.87. The van der Waals surface area contributed by atoms with Gasteiger partial charge in [-0.25, -0.2) is 8.42 Å². The number of quaternary nitrogens is 1. The van der Waals surface area contributed by atoms with E-state index in [1.807, 2.05) is 35.2 Å². The average molecular weight is 395 g/mol. The maximum Gasteiger partial charge on any atom is 0.225 e. The molecule has 0 aliphatic carbocycles. The summed E-state index contributed by atoms with van der Waals surface area (Å²) in [5, 5.41) is 2.87. The summed E-state index contributed by atoms with van der Waals surface area (Å²) < 4.78 is 23.4. The first-order valence-corrected chi connectivity index (χ1v) is 11.3. The molecule has 2 atom stereocenters. The van der Waals surface area contributed by atoms with Crippen molar-refractivity contribution in [2.24, 2.45) is 0 Å². The highest BCUT2D eigenvalue weighted by molar-refractivity contribution is 7.91. The van der Waals surface area contributed by atoms with Crippen molar-refractivity contribution in [3.63, 3.8) is 0 Å². The second kappa shape index (κ2) is 8.39. The molecule has 0 radical (unpaired) electrons. The molecule has 0 spiro atoms. The number of nitrogens with zero attached hydrogens (tertiary/aromatic N) is 1. The Balaban J connectivity index is 1.55. The van der Waals surface area contributed by atoms with Crippen molar-refractivity contribution in [1.82, 2.24) is 10.2 Å². The van der Waals surface area contributed by atoms with E-state index < -0.39 is 9.84 Å². The lowest BCUT2D eigenvalue weighted by atomic mass is 10.0. The van der Waals surface area contributed by atoms with Gasteiger partial charge in [0.1, 0.15) is 11.8 Å². The van der Waals surface area contributed by atoms with E-state index in [4.69, 9.17) is 0 Å². The van der Waals surface area contributed by atoms with Crippen LogP contribution in [0.1, 0.15) is 31.4 Å². The first-order valence-electron chi connectivity index (χ1n) is 9.49. The molecule has 2 aliphatic rings. The highest BCUT2D eigenvalue weighted by Gasteiger charge is 2.37. The number of carbonyl (C=O) groups is 2. The van der Waals surface area contributed by atoms with Gasteiger partial charge in [-0.2, -0.15) is 0 Å². The molecule has 0 aromatic heterocycles. The summed E-state index contributed by atoms with van der Waals surface area (Å²) >= 11 is 0.